The van der Waals surface area contributed by atoms with Crippen LogP contribution in [0.4, 0.5) is 5.82 Å². The van der Waals surface area contributed by atoms with Gasteiger partial charge in [0.25, 0.3) is 11.8 Å². The molecule has 132 valence electrons. The van der Waals surface area contributed by atoms with Crippen LogP contribution in [0.3, 0.4) is 0 Å². The second-order valence-electron chi connectivity index (χ2n) is 5.93. The van der Waals surface area contributed by atoms with Crippen LogP contribution in [0.1, 0.15) is 33.2 Å². The van der Waals surface area contributed by atoms with Crippen molar-refractivity contribution in [3.8, 4) is 0 Å². The average Bonchev–Trinajstić information content (AvgIpc) is 3.01. The molecule has 1 saturated heterocycles. The number of nitrogens with zero attached hydrogens (tertiary/aromatic N) is 3. The summed E-state index contributed by atoms with van der Waals surface area (Å²) in [7, 11) is 0. The first-order valence-electron chi connectivity index (χ1n) is 8.41. The number of benzene rings is 1. The Balaban J connectivity index is 1.70. The molecular formula is C18H22N4O3. The molecule has 0 bridgehead atoms. The number of aryl methyl sites for hydroxylation is 2. The van der Waals surface area contributed by atoms with Crippen molar-refractivity contribution in [2.75, 3.05) is 31.6 Å². The van der Waals surface area contributed by atoms with Gasteiger partial charge in [-0.3, -0.25) is 9.59 Å². The van der Waals surface area contributed by atoms with Crippen LogP contribution in [0.5, 0.6) is 0 Å². The van der Waals surface area contributed by atoms with Gasteiger partial charge in [0.15, 0.2) is 0 Å². The SMILES string of the molecule is CCn1ncc(C)c1NC(=O)c1ccc(C(=O)N2CCOCC2)cc1. The molecule has 7 nitrogen and oxygen atoms in total. The third-order valence-electron chi connectivity index (χ3n) is 4.25. The van der Waals surface area contributed by atoms with E-state index >= 15 is 0 Å². The number of carbonyl (C=O) groups excluding carboxylic acids is 2. The van der Waals surface area contributed by atoms with E-state index < -0.39 is 0 Å². The van der Waals surface area contributed by atoms with Crippen molar-refractivity contribution in [3.05, 3.63) is 47.2 Å². The van der Waals surface area contributed by atoms with Crippen molar-refractivity contribution in [2.45, 2.75) is 20.4 Å². The first-order chi connectivity index (χ1) is 12.1. The van der Waals surface area contributed by atoms with E-state index in [1.54, 1.807) is 40.0 Å². The number of carbonyl (C=O) groups is 2. The quantitative estimate of drug-likeness (QED) is 0.921. The van der Waals surface area contributed by atoms with Gasteiger partial charge in [0.05, 0.1) is 19.4 Å². The van der Waals surface area contributed by atoms with Gasteiger partial charge >= 0.3 is 0 Å². The Kier molecular flexibility index (Phi) is 5.14. The number of ether oxygens (including phenoxy) is 1. The standard InChI is InChI=1S/C18H22N4O3/c1-3-22-16(13(2)12-19-22)20-17(23)14-4-6-15(7-5-14)18(24)21-8-10-25-11-9-21/h4-7,12H,3,8-11H2,1-2H3,(H,20,23). The van der Waals surface area contributed by atoms with Crippen molar-refractivity contribution in [3.63, 3.8) is 0 Å². The van der Waals surface area contributed by atoms with Crippen molar-refractivity contribution < 1.29 is 14.3 Å². The van der Waals surface area contributed by atoms with Gasteiger partial charge in [0.2, 0.25) is 0 Å². The Morgan fingerprint density at radius 1 is 1.16 bits per heavy atom. The monoisotopic (exact) mass is 342 g/mol. The summed E-state index contributed by atoms with van der Waals surface area (Å²) in [6.07, 6.45) is 1.73. The van der Waals surface area contributed by atoms with Crippen LogP contribution in [0, 0.1) is 6.92 Å². The minimum atomic E-state index is -0.219. The van der Waals surface area contributed by atoms with Crippen molar-refractivity contribution >= 4 is 17.6 Å². The summed E-state index contributed by atoms with van der Waals surface area (Å²) in [4.78, 5) is 26.6. The van der Waals surface area contributed by atoms with Crippen LogP contribution < -0.4 is 5.32 Å². The molecule has 0 radical (unpaired) electrons. The van der Waals surface area contributed by atoms with Crippen LogP contribution in [-0.4, -0.2) is 52.8 Å². The predicted molar refractivity (Wildman–Crippen MR) is 93.8 cm³/mol. The van der Waals surface area contributed by atoms with E-state index in [4.69, 9.17) is 4.74 Å². The number of rotatable bonds is 4. The second kappa shape index (κ2) is 7.48. The Morgan fingerprint density at radius 2 is 1.80 bits per heavy atom. The topological polar surface area (TPSA) is 76.5 Å². The number of morpholine rings is 1. The van der Waals surface area contributed by atoms with E-state index in [1.165, 1.54) is 0 Å². The number of hydrogen-bond donors (Lipinski definition) is 1. The van der Waals surface area contributed by atoms with Crippen LogP contribution in [0.15, 0.2) is 30.5 Å². The molecule has 1 aromatic carbocycles. The maximum atomic E-state index is 12.5. The molecule has 2 aromatic rings. The van der Waals surface area contributed by atoms with Crippen molar-refractivity contribution in [1.82, 2.24) is 14.7 Å². The summed E-state index contributed by atoms with van der Waals surface area (Å²) < 4.78 is 7.00. The van der Waals surface area contributed by atoms with Gasteiger partial charge in [-0.2, -0.15) is 5.10 Å². The molecule has 1 aliphatic rings. The lowest BCUT2D eigenvalue weighted by Gasteiger charge is -2.26. The van der Waals surface area contributed by atoms with Gasteiger partial charge in [-0.1, -0.05) is 0 Å². The molecule has 0 unspecified atom stereocenters. The van der Waals surface area contributed by atoms with E-state index in [9.17, 15) is 9.59 Å². The summed E-state index contributed by atoms with van der Waals surface area (Å²) in [6.45, 7) is 6.87. The fraction of sp³-hybridized carbons (Fsp3) is 0.389. The van der Waals surface area contributed by atoms with E-state index in [1.807, 2.05) is 13.8 Å². The molecule has 3 rings (SSSR count). The Labute approximate surface area is 146 Å². The van der Waals surface area contributed by atoms with Gasteiger partial charge in [0, 0.05) is 36.3 Å². The molecule has 1 N–H and O–H groups in total. The maximum absolute atomic E-state index is 12.5. The van der Waals surface area contributed by atoms with Crippen molar-refractivity contribution in [2.24, 2.45) is 0 Å². The Morgan fingerprint density at radius 3 is 2.44 bits per heavy atom. The molecule has 2 heterocycles. The smallest absolute Gasteiger partial charge is 0.256 e. The zero-order valence-corrected chi connectivity index (χ0v) is 14.5. The van der Waals surface area contributed by atoms with Crippen LogP contribution in [0.25, 0.3) is 0 Å². The molecule has 1 aliphatic heterocycles. The third-order valence-corrected chi connectivity index (χ3v) is 4.25. The number of nitrogens with one attached hydrogen (secondary N) is 1. The van der Waals surface area contributed by atoms with Gasteiger partial charge in [-0.15, -0.1) is 0 Å². The summed E-state index contributed by atoms with van der Waals surface area (Å²) in [5.41, 5.74) is 1.99. The summed E-state index contributed by atoms with van der Waals surface area (Å²) in [5.74, 6) is 0.444. The summed E-state index contributed by atoms with van der Waals surface area (Å²) in [6, 6.07) is 6.73. The highest BCUT2D eigenvalue weighted by atomic mass is 16.5. The predicted octanol–water partition coefficient (Wildman–Crippen LogP) is 1.94. The minimum Gasteiger partial charge on any atom is -0.378 e. The maximum Gasteiger partial charge on any atom is 0.256 e. The van der Waals surface area contributed by atoms with Gasteiger partial charge < -0.3 is 15.0 Å². The molecule has 1 fully saturated rings. The van der Waals surface area contributed by atoms with E-state index in [0.29, 0.717) is 49.8 Å². The molecule has 0 atom stereocenters. The lowest BCUT2D eigenvalue weighted by atomic mass is 10.1. The Bertz CT molecular complexity index is 761. The van der Waals surface area contributed by atoms with E-state index in [0.717, 1.165) is 5.56 Å². The highest BCUT2D eigenvalue weighted by Gasteiger charge is 2.19. The van der Waals surface area contributed by atoms with E-state index in [2.05, 4.69) is 10.4 Å². The zero-order valence-electron chi connectivity index (χ0n) is 14.5. The molecule has 0 saturated carbocycles. The molecule has 0 aliphatic carbocycles. The lowest BCUT2D eigenvalue weighted by Crippen LogP contribution is -2.40. The number of aromatic nitrogens is 2. The average molecular weight is 342 g/mol. The number of hydrogen-bond acceptors (Lipinski definition) is 4. The molecule has 25 heavy (non-hydrogen) atoms. The van der Waals surface area contributed by atoms with Crippen LogP contribution in [0.2, 0.25) is 0 Å². The van der Waals surface area contributed by atoms with Crippen LogP contribution in [-0.2, 0) is 11.3 Å². The lowest BCUT2D eigenvalue weighted by molar-refractivity contribution is 0.0303. The third kappa shape index (κ3) is 3.71. The first-order valence-corrected chi connectivity index (χ1v) is 8.41. The van der Waals surface area contributed by atoms with E-state index in [-0.39, 0.29) is 11.8 Å². The van der Waals surface area contributed by atoms with Gasteiger partial charge in [-0.25, -0.2) is 4.68 Å². The minimum absolute atomic E-state index is 0.0323. The molecule has 2 amide bonds. The molecule has 7 heteroatoms. The largest absolute Gasteiger partial charge is 0.378 e. The molecular weight excluding hydrogens is 320 g/mol. The Hall–Kier alpha value is -2.67. The normalized spacial score (nSPS) is 14.4. The zero-order chi connectivity index (χ0) is 17.8. The molecule has 0 spiro atoms. The summed E-state index contributed by atoms with van der Waals surface area (Å²) in [5, 5.41) is 7.10. The molecule has 1 aromatic heterocycles. The number of amides is 2. The second-order valence-corrected chi connectivity index (χ2v) is 5.93. The fourth-order valence-electron chi connectivity index (χ4n) is 2.77. The first kappa shape index (κ1) is 17.2. The highest BCUT2D eigenvalue weighted by Crippen LogP contribution is 2.16. The van der Waals surface area contributed by atoms with Gasteiger partial charge in [0.1, 0.15) is 5.82 Å². The highest BCUT2D eigenvalue weighted by molar-refractivity contribution is 6.05. The summed E-state index contributed by atoms with van der Waals surface area (Å²) >= 11 is 0. The van der Waals surface area contributed by atoms with Crippen LogP contribution >= 0.6 is 0 Å². The fourth-order valence-corrected chi connectivity index (χ4v) is 2.77. The number of anilines is 1. The van der Waals surface area contributed by atoms with Crippen molar-refractivity contribution in [1.29, 1.82) is 0 Å². The van der Waals surface area contributed by atoms with Gasteiger partial charge in [-0.05, 0) is 38.1 Å².